The van der Waals surface area contributed by atoms with Crippen LogP contribution in [-0.4, -0.2) is 55.5 Å². The molecular weight excluding hydrogens is 509 g/mol. The number of sulfonamides is 1. The van der Waals surface area contributed by atoms with Gasteiger partial charge in [0, 0.05) is 13.2 Å². The first-order chi connectivity index (χ1) is 15.8. The van der Waals surface area contributed by atoms with Gasteiger partial charge in [0.05, 0.1) is 27.2 Å². The van der Waals surface area contributed by atoms with Gasteiger partial charge in [-0.3, -0.25) is 9.69 Å². The monoisotopic (exact) mass is 529 g/mol. The Labute approximate surface area is 203 Å². The fourth-order valence-corrected chi connectivity index (χ4v) is 8.53. The van der Waals surface area contributed by atoms with Gasteiger partial charge >= 0.3 is 0 Å². The van der Waals surface area contributed by atoms with E-state index in [4.69, 9.17) is 16.3 Å². The number of halogens is 2. The second kappa shape index (κ2) is 9.20. The zero-order valence-corrected chi connectivity index (χ0v) is 20.7. The van der Waals surface area contributed by atoms with E-state index in [1.54, 1.807) is 6.07 Å². The fourth-order valence-electron chi connectivity index (χ4n) is 4.26. The Bertz CT molecular complexity index is 1290. The molecule has 0 bridgehead atoms. The van der Waals surface area contributed by atoms with Crippen molar-refractivity contribution >= 4 is 65.6 Å². The molecule has 4 heterocycles. The van der Waals surface area contributed by atoms with Crippen molar-refractivity contribution in [3.05, 3.63) is 40.5 Å². The maximum atomic E-state index is 13.8. The van der Waals surface area contributed by atoms with E-state index in [0.29, 0.717) is 39.1 Å². The van der Waals surface area contributed by atoms with Crippen molar-refractivity contribution in [2.45, 2.75) is 42.0 Å². The van der Waals surface area contributed by atoms with Crippen molar-refractivity contribution in [2.24, 2.45) is 0 Å². The van der Waals surface area contributed by atoms with Gasteiger partial charge in [0.25, 0.3) is 10.0 Å². The minimum atomic E-state index is -3.86. The van der Waals surface area contributed by atoms with Crippen LogP contribution in [0.2, 0.25) is 4.34 Å². The Morgan fingerprint density at radius 2 is 2.09 bits per heavy atom. The summed E-state index contributed by atoms with van der Waals surface area (Å²) in [5.74, 6) is -0.717. The molecular formula is C21H21ClFN3O4S3. The van der Waals surface area contributed by atoms with Crippen LogP contribution in [0.3, 0.4) is 0 Å². The highest BCUT2D eigenvalue weighted by Gasteiger charge is 2.43. The molecule has 0 saturated carbocycles. The number of aromatic nitrogens is 1. The summed E-state index contributed by atoms with van der Waals surface area (Å²) in [6.45, 7) is 1.16. The van der Waals surface area contributed by atoms with Crippen LogP contribution in [0.15, 0.2) is 34.5 Å². The molecule has 176 valence electrons. The highest BCUT2D eigenvalue weighted by atomic mass is 35.5. The fraction of sp³-hybridized carbons (Fsp3) is 0.429. The van der Waals surface area contributed by atoms with E-state index in [0.717, 1.165) is 24.2 Å². The third kappa shape index (κ3) is 4.54. The summed E-state index contributed by atoms with van der Waals surface area (Å²) in [5, 5.41) is 0.416. The number of amides is 1. The third-order valence-electron chi connectivity index (χ3n) is 5.85. The summed E-state index contributed by atoms with van der Waals surface area (Å²) < 4.78 is 48.4. The van der Waals surface area contributed by atoms with Gasteiger partial charge < -0.3 is 4.74 Å². The largest absolute Gasteiger partial charge is 0.376 e. The number of benzene rings is 1. The summed E-state index contributed by atoms with van der Waals surface area (Å²) in [5.41, 5.74) is 0.589. The van der Waals surface area contributed by atoms with Crippen molar-refractivity contribution in [2.75, 3.05) is 24.6 Å². The lowest BCUT2D eigenvalue weighted by atomic mass is 10.2. The molecule has 2 saturated heterocycles. The Morgan fingerprint density at radius 1 is 1.24 bits per heavy atom. The number of carbonyl (C=O) groups excluding carboxylic acids is 1. The lowest BCUT2D eigenvalue weighted by molar-refractivity contribution is -0.122. The predicted octanol–water partition coefficient (Wildman–Crippen LogP) is 4.52. The number of thiophene rings is 1. The molecule has 1 aromatic carbocycles. The van der Waals surface area contributed by atoms with Crippen LogP contribution in [0.4, 0.5) is 9.52 Å². The molecule has 2 aliphatic heterocycles. The lowest BCUT2D eigenvalue weighted by Gasteiger charge is -2.29. The van der Waals surface area contributed by atoms with E-state index in [1.807, 2.05) is 0 Å². The maximum absolute atomic E-state index is 13.8. The highest BCUT2D eigenvalue weighted by molar-refractivity contribution is 7.91. The maximum Gasteiger partial charge on any atom is 0.253 e. The Hall–Kier alpha value is -1.63. The normalized spacial score (nSPS) is 21.8. The molecule has 2 fully saturated rings. The van der Waals surface area contributed by atoms with Gasteiger partial charge in [0.15, 0.2) is 5.13 Å². The number of carbonyl (C=O) groups is 1. The minimum absolute atomic E-state index is 0.119. The molecule has 2 unspecified atom stereocenters. The van der Waals surface area contributed by atoms with E-state index in [1.165, 1.54) is 44.8 Å². The molecule has 0 aliphatic carbocycles. The van der Waals surface area contributed by atoms with Crippen molar-refractivity contribution in [1.82, 2.24) is 9.29 Å². The topological polar surface area (TPSA) is 79.8 Å². The molecule has 12 heteroatoms. The smallest absolute Gasteiger partial charge is 0.253 e. The van der Waals surface area contributed by atoms with Gasteiger partial charge in [-0.25, -0.2) is 17.8 Å². The van der Waals surface area contributed by atoms with Crippen LogP contribution in [0.5, 0.6) is 0 Å². The van der Waals surface area contributed by atoms with E-state index < -0.39 is 16.1 Å². The van der Waals surface area contributed by atoms with Crippen LogP contribution >= 0.6 is 34.3 Å². The van der Waals surface area contributed by atoms with Crippen molar-refractivity contribution in [1.29, 1.82) is 0 Å². The quantitative estimate of drug-likeness (QED) is 0.469. The predicted molar refractivity (Wildman–Crippen MR) is 127 cm³/mol. The number of hydrogen-bond donors (Lipinski definition) is 0. The molecule has 7 nitrogen and oxygen atoms in total. The van der Waals surface area contributed by atoms with Gasteiger partial charge in [-0.15, -0.1) is 11.3 Å². The van der Waals surface area contributed by atoms with Crippen LogP contribution in [0, 0.1) is 5.82 Å². The molecule has 2 atom stereocenters. The molecule has 5 rings (SSSR count). The van der Waals surface area contributed by atoms with Crippen molar-refractivity contribution in [3.63, 3.8) is 0 Å². The van der Waals surface area contributed by atoms with Gasteiger partial charge in [-0.1, -0.05) is 22.9 Å². The first kappa shape index (κ1) is 23.1. The standard InChI is InChI=1S/C21H21ClFN3O4S3/c22-18-7-8-19(32-18)33(28,29)26-9-1-4-16(26)20(27)25(12-14-3-2-10-30-14)21-24-15-6-5-13(23)11-17(15)31-21/h5-8,11,14,16H,1-4,9-10,12H2. The molecule has 3 aromatic rings. The summed E-state index contributed by atoms with van der Waals surface area (Å²) >= 11 is 8.15. The number of nitrogens with zero attached hydrogens (tertiary/aromatic N) is 3. The number of hydrogen-bond acceptors (Lipinski definition) is 7. The minimum Gasteiger partial charge on any atom is -0.376 e. The SMILES string of the molecule is O=C(C1CCCN1S(=O)(=O)c1ccc(Cl)s1)N(CC1CCCO1)c1nc2ccc(F)cc2s1. The van der Waals surface area contributed by atoms with Crippen LogP contribution in [-0.2, 0) is 19.6 Å². The third-order valence-corrected chi connectivity index (χ3v) is 10.5. The number of rotatable bonds is 6. The van der Waals surface area contributed by atoms with Crippen molar-refractivity contribution in [3.8, 4) is 0 Å². The molecule has 33 heavy (non-hydrogen) atoms. The van der Waals surface area contributed by atoms with Gasteiger partial charge in [-0.2, -0.15) is 4.31 Å². The van der Waals surface area contributed by atoms with E-state index in [2.05, 4.69) is 4.98 Å². The number of thiazole rings is 1. The zero-order valence-electron chi connectivity index (χ0n) is 17.4. The number of fused-ring (bicyclic) bond motifs is 1. The Kier molecular flexibility index (Phi) is 6.45. The number of ether oxygens (including phenoxy) is 1. The average molecular weight is 530 g/mol. The van der Waals surface area contributed by atoms with E-state index in [-0.39, 0.29) is 35.1 Å². The summed E-state index contributed by atoms with van der Waals surface area (Å²) in [6.07, 6.45) is 2.55. The molecule has 2 aromatic heterocycles. The van der Waals surface area contributed by atoms with Crippen LogP contribution in [0.1, 0.15) is 25.7 Å². The van der Waals surface area contributed by atoms with Crippen LogP contribution < -0.4 is 4.90 Å². The molecule has 0 spiro atoms. The van der Waals surface area contributed by atoms with Crippen molar-refractivity contribution < 1.29 is 22.3 Å². The summed E-state index contributed by atoms with van der Waals surface area (Å²) in [4.78, 5) is 19.9. The van der Waals surface area contributed by atoms with Gasteiger partial charge in [0.2, 0.25) is 5.91 Å². The average Bonchev–Trinajstić information content (AvgIpc) is 3.57. The highest BCUT2D eigenvalue weighted by Crippen LogP contribution is 2.35. The second-order valence-corrected chi connectivity index (χ2v) is 12.9. The van der Waals surface area contributed by atoms with E-state index in [9.17, 15) is 17.6 Å². The Balaban J connectivity index is 1.49. The summed E-state index contributed by atoms with van der Waals surface area (Å²) in [7, 11) is -3.86. The lowest BCUT2D eigenvalue weighted by Crippen LogP contribution is -2.49. The zero-order chi connectivity index (χ0) is 23.2. The molecule has 1 amide bonds. The van der Waals surface area contributed by atoms with Gasteiger partial charge in [0.1, 0.15) is 16.1 Å². The first-order valence-corrected chi connectivity index (χ1v) is 14.0. The molecule has 0 N–H and O–H groups in total. The van der Waals surface area contributed by atoms with E-state index >= 15 is 0 Å². The van der Waals surface area contributed by atoms with Gasteiger partial charge in [-0.05, 0) is 56.0 Å². The second-order valence-electron chi connectivity index (χ2n) is 8.02. The van der Waals surface area contributed by atoms with Crippen LogP contribution in [0.25, 0.3) is 10.2 Å². The Morgan fingerprint density at radius 3 is 2.82 bits per heavy atom. The summed E-state index contributed by atoms with van der Waals surface area (Å²) in [6, 6.07) is 6.45. The number of anilines is 1. The first-order valence-electron chi connectivity index (χ1n) is 10.6. The molecule has 0 radical (unpaired) electrons. The molecule has 2 aliphatic rings.